The smallest absolute Gasteiger partial charge is 0.343 e. The average molecular weight is 305 g/mol. The van der Waals surface area contributed by atoms with Gasteiger partial charge in [-0.25, -0.2) is 0 Å². The molecule has 0 fully saturated rings. The number of hydrogen-bond donors (Lipinski definition) is 5. The van der Waals surface area contributed by atoms with Crippen LogP contribution in [0, 0.1) is 0 Å². The predicted octanol–water partition coefficient (Wildman–Crippen LogP) is 0.550. The maximum absolute atomic E-state index is 11.7. The Morgan fingerprint density at radius 3 is 2.06 bits per heavy atom. The van der Waals surface area contributed by atoms with Crippen molar-refractivity contribution in [3.05, 3.63) is 0 Å². The van der Waals surface area contributed by atoms with Gasteiger partial charge in [-0.15, -0.1) is 0 Å². The SMILES string of the molecule is CCOP(=O)(O)C(CCCCC(N)O)P(=O)(O)O. The Labute approximate surface area is 106 Å². The molecular formula is C8H21NO7P2. The molecule has 0 rings (SSSR count). The van der Waals surface area contributed by atoms with Crippen LogP contribution in [-0.2, 0) is 13.7 Å². The molecule has 0 aromatic carbocycles. The van der Waals surface area contributed by atoms with E-state index in [-0.39, 0.29) is 25.9 Å². The van der Waals surface area contributed by atoms with Gasteiger partial charge in [0.05, 0.1) is 6.61 Å². The molecular weight excluding hydrogens is 284 g/mol. The second-order valence-electron chi connectivity index (χ2n) is 3.90. The summed E-state index contributed by atoms with van der Waals surface area (Å²) < 4.78 is 27.4. The van der Waals surface area contributed by atoms with Crippen molar-refractivity contribution in [1.29, 1.82) is 0 Å². The summed E-state index contributed by atoms with van der Waals surface area (Å²) in [5, 5.41) is 7.09. The Kier molecular flexibility index (Phi) is 7.82. The van der Waals surface area contributed by atoms with E-state index in [0.29, 0.717) is 6.42 Å². The van der Waals surface area contributed by atoms with Crippen LogP contribution in [0.15, 0.2) is 0 Å². The molecule has 0 amide bonds. The molecule has 0 saturated carbocycles. The standard InChI is InChI=1S/C8H21NO7P2/c1-2-16-18(14,15)8(17(11,12)13)6-4-3-5-7(9)10/h7-8,10H,2-6,9H2,1H3,(H,14,15)(H2,11,12,13). The molecule has 110 valence electrons. The second kappa shape index (κ2) is 7.72. The summed E-state index contributed by atoms with van der Waals surface area (Å²) >= 11 is 0. The van der Waals surface area contributed by atoms with Crippen LogP contribution in [-0.4, -0.2) is 38.0 Å². The molecule has 3 atom stereocenters. The summed E-state index contributed by atoms with van der Waals surface area (Å²) in [5.41, 5.74) is 5.10. The van der Waals surface area contributed by atoms with E-state index in [1.54, 1.807) is 0 Å². The fraction of sp³-hybridized carbons (Fsp3) is 1.00. The molecule has 0 aromatic heterocycles. The minimum Gasteiger partial charge on any atom is -0.379 e. The lowest BCUT2D eigenvalue weighted by molar-refractivity contribution is 0.168. The summed E-state index contributed by atoms with van der Waals surface area (Å²) in [5.74, 6) is 0. The molecule has 0 radical (unpaired) electrons. The van der Waals surface area contributed by atoms with Gasteiger partial charge in [-0.1, -0.05) is 6.42 Å². The molecule has 0 heterocycles. The number of hydrogen-bond acceptors (Lipinski definition) is 5. The van der Waals surface area contributed by atoms with Gasteiger partial charge in [0.15, 0.2) is 5.40 Å². The molecule has 18 heavy (non-hydrogen) atoms. The van der Waals surface area contributed by atoms with Crippen LogP contribution in [0.5, 0.6) is 0 Å². The Balaban J connectivity index is 4.53. The van der Waals surface area contributed by atoms with E-state index < -0.39 is 26.8 Å². The Morgan fingerprint density at radius 1 is 1.17 bits per heavy atom. The number of nitrogens with two attached hydrogens (primary N) is 1. The second-order valence-corrected chi connectivity index (χ2v) is 8.12. The third kappa shape index (κ3) is 6.97. The highest BCUT2D eigenvalue weighted by Gasteiger charge is 2.44. The molecule has 0 bridgehead atoms. The summed E-state index contributed by atoms with van der Waals surface area (Å²) in [4.78, 5) is 27.6. The van der Waals surface area contributed by atoms with E-state index in [0.717, 1.165) is 0 Å². The van der Waals surface area contributed by atoms with E-state index in [4.69, 9.17) is 20.6 Å². The summed E-state index contributed by atoms with van der Waals surface area (Å²) in [7, 11) is -9.07. The van der Waals surface area contributed by atoms with Crippen LogP contribution in [0.3, 0.4) is 0 Å². The van der Waals surface area contributed by atoms with Crippen molar-refractivity contribution in [1.82, 2.24) is 0 Å². The van der Waals surface area contributed by atoms with E-state index in [2.05, 4.69) is 4.52 Å². The largest absolute Gasteiger partial charge is 0.379 e. The molecule has 6 N–H and O–H groups in total. The lowest BCUT2D eigenvalue weighted by Crippen LogP contribution is -2.18. The van der Waals surface area contributed by atoms with Crippen LogP contribution < -0.4 is 5.73 Å². The normalized spacial score (nSPS) is 19.2. The van der Waals surface area contributed by atoms with Crippen LogP contribution >= 0.6 is 15.2 Å². The maximum atomic E-state index is 11.7. The third-order valence-electron chi connectivity index (χ3n) is 2.29. The number of aliphatic hydroxyl groups is 1. The van der Waals surface area contributed by atoms with Gasteiger partial charge in [-0.3, -0.25) is 9.13 Å². The van der Waals surface area contributed by atoms with Crippen molar-refractivity contribution in [2.24, 2.45) is 5.73 Å². The van der Waals surface area contributed by atoms with Crippen molar-refractivity contribution in [2.75, 3.05) is 6.61 Å². The zero-order chi connectivity index (χ0) is 14.4. The molecule has 10 heteroatoms. The minimum atomic E-state index is -4.72. The Hall–Kier alpha value is 0.220. The van der Waals surface area contributed by atoms with Gasteiger partial charge in [0.2, 0.25) is 0 Å². The number of unbranched alkanes of at least 4 members (excludes halogenated alkanes) is 1. The molecule has 0 spiro atoms. The van der Waals surface area contributed by atoms with E-state index >= 15 is 0 Å². The van der Waals surface area contributed by atoms with Crippen molar-refractivity contribution in [2.45, 2.75) is 44.2 Å². The van der Waals surface area contributed by atoms with Crippen molar-refractivity contribution in [3.63, 3.8) is 0 Å². The van der Waals surface area contributed by atoms with Gasteiger partial charge in [0, 0.05) is 0 Å². The van der Waals surface area contributed by atoms with Gasteiger partial charge in [-0.2, -0.15) is 0 Å². The van der Waals surface area contributed by atoms with Gasteiger partial charge >= 0.3 is 15.2 Å². The maximum Gasteiger partial charge on any atom is 0.343 e. The van der Waals surface area contributed by atoms with E-state index in [9.17, 15) is 14.0 Å². The predicted molar refractivity (Wildman–Crippen MR) is 65.9 cm³/mol. The van der Waals surface area contributed by atoms with E-state index in [1.165, 1.54) is 6.92 Å². The van der Waals surface area contributed by atoms with Crippen LogP contribution in [0.4, 0.5) is 0 Å². The highest BCUT2D eigenvalue weighted by molar-refractivity contribution is 7.71. The lowest BCUT2D eigenvalue weighted by atomic mass is 10.2. The third-order valence-corrected chi connectivity index (χ3v) is 6.74. The van der Waals surface area contributed by atoms with Crippen LogP contribution in [0.2, 0.25) is 0 Å². The highest BCUT2D eigenvalue weighted by atomic mass is 31.2. The first-order valence-corrected chi connectivity index (χ1v) is 8.90. The monoisotopic (exact) mass is 305 g/mol. The molecule has 0 aliphatic rings. The van der Waals surface area contributed by atoms with Gasteiger partial charge in [0.25, 0.3) is 0 Å². The van der Waals surface area contributed by atoms with Crippen molar-refractivity contribution in [3.8, 4) is 0 Å². The molecule has 0 aliphatic carbocycles. The number of rotatable bonds is 9. The van der Waals surface area contributed by atoms with Gasteiger partial charge in [0.1, 0.15) is 6.23 Å². The first kappa shape index (κ1) is 18.2. The van der Waals surface area contributed by atoms with Crippen LogP contribution in [0.1, 0.15) is 32.6 Å². The number of aliphatic hydroxyl groups excluding tert-OH is 1. The highest BCUT2D eigenvalue weighted by Crippen LogP contribution is 2.64. The lowest BCUT2D eigenvalue weighted by Gasteiger charge is -2.22. The summed E-state index contributed by atoms with van der Waals surface area (Å²) in [6.07, 6.45) is -0.225. The van der Waals surface area contributed by atoms with E-state index in [1.807, 2.05) is 0 Å². The zero-order valence-corrected chi connectivity index (χ0v) is 12.0. The van der Waals surface area contributed by atoms with Gasteiger partial charge in [-0.05, 0) is 26.2 Å². The quantitative estimate of drug-likeness (QED) is 0.235. The Bertz CT molecular complexity index is 329. The molecule has 0 aromatic rings. The zero-order valence-electron chi connectivity index (χ0n) is 10.2. The summed E-state index contributed by atoms with van der Waals surface area (Å²) in [6.45, 7) is 1.36. The first-order chi connectivity index (χ1) is 8.11. The van der Waals surface area contributed by atoms with Crippen molar-refractivity contribution >= 4 is 15.2 Å². The summed E-state index contributed by atoms with van der Waals surface area (Å²) in [6, 6.07) is 0. The molecule has 3 unspecified atom stereocenters. The topological polar surface area (TPSA) is 150 Å². The fourth-order valence-corrected chi connectivity index (χ4v) is 4.76. The molecule has 0 aliphatic heterocycles. The molecule has 0 saturated heterocycles. The average Bonchev–Trinajstić information content (AvgIpc) is 2.13. The van der Waals surface area contributed by atoms with Crippen molar-refractivity contribution < 1.29 is 33.4 Å². The minimum absolute atomic E-state index is 0.105. The fourth-order valence-electron chi connectivity index (χ4n) is 1.47. The first-order valence-electron chi connectivity index (χ1n) is 5.57. The Morgan fingerprint density at radius 2 is 1.67 bits per heavy atom. The molecule has 8 nitrogen and oxygen atoms in total. The van der Waals surface area contributed by atoms with Gasteiger partial charge < -0.3 is 30.0 Å². The van der Waals surface area contributed by atoms with Crippen LogP contribution in [0.25, 0.3) is 0 Å².